The van der Waals surface area contributed by atoms with Crippen molar-refractivity contribution in [1.29, 1.82) is 0 Å². The van der Waals surface area contributed by atoms with Gasteiger partial charge in [0.1, 0.15) is 0 Å². The lowest BCUT2D eigenvalue weighted by atomic mass is 10.1. The molecule has 3 unspecified atom stereocenters. The van der Waals surface area contributed by atoms with E-state index < -0.39 is 11.9 Å². The number of aliphatic hydroxyl groups excluding tert-OH is 1. The maximum Gasteiger partial charge on any atom is 0.235 e. The van der Waals surface area contributed by atoms with E-state index in [1.807, 2.05) is 0 Å². The number of hydrogen-bond acceptors (Lipinski definition) is 4. The molecule has 82 valence electrons. The SMILES string of the molecule is NC(=O)C(N)CNCC1CCC(O)C1. The molecule has 3 atom stereocenters. The lowest BCUT2D eigenvalue weighted by Crippen LogP contribution is -2.45. The second-order valence-electron chi connectivity index (χ2n) is 4.00. The first-order chi connectivity index (χ1) is 6.59. The van der Waals surface area contributed by atoms with Crippen LogP contribution in [-0.4, -0.2) is 36.2 Å². The molecule has 0 radical (unpaired) electrons. The van der Waals surface area contributed by atoms with Crippen molar-refractivity contribution in [3.63, 3.8) is 0 Å². The monoisotopic (exact) mass is 201 g/mol. The number of carbonyl (C=O) groups excluding carboxylic acids is 1. The molecule has 5 nitrogen and oxygen atoms in total. The Labute approximate surface area is 83.8 Å². The first-order valence-electron chi connectivity index (χ1n) is 5.03. The van der Waals surface area contributed by atoms with Gasteiger partial charge in [0.2, 0.25) is 5.91 Å². The van der Waals surface area contributed by atoms with Gasteiger partial charge in [-0.05, 0) is 31.7 Å². The van der Waals surface area contributed by atoms with Crippen molar-refractivity contribution in [2.24, 2.45) is 17.4 Å². The summed E-state index contributed by atoms with van der Waals surface area (Å²) in [5.74, 6) is 0.0223. The fraction of sp³-hybridized carbons (Fsp3) is 0.889. The summed E-state index contributed by atoms with van der Waals surface area (Å²) in [6.45, 7) is 1.22. The summed E-state index contributed by atoms with van der Waals surface area (Å²) in [6.07, 6.45) is 2.62. The number of primary amides is 1. The summed E-state index contributed by atoms with van der Waals surface area (Å²) in [6, 6.07) is -0.610. The van der Waals surface area contributed by atoms with E-state index in [4.69, 9.17) is 11.5 Å². The number of amides is 1. The summed E-state index contributed by atoms with van der Waals surface area (Å²) in [7, 11) is 0. The van der Waals surface area contributed by atoms with Crippen molar-refractivity contribution >= 4 is 5.91 Å². The van der Waals surface area contributed by atoms with Crippen LogP contribution in [0.2, 0.25) is 0 Å². The van der Waals surface area contributed by atoms with Crippen LogP contribution in [-0.2, 0) is 4.79 Å². The zero-order valence-electron chi connectivity index (χ0n) is 8.28. The minimum atomic E-state index is -0.610. The van der Waals surface area contributed by atoms with Gasteiger partial charge in [-0.1, -0.05) is 0 Å². The van der Waals surface area contributed by atoms with Gasteiger partial charge in [0.15, 0.2) is 0 Å². The van der Waals surface area contributed by atoms with Gasteiger partial charge >= 0.3 is 0 Å². The van der Waals surface area contributed by atoms with Crippen molar-refractivity contribution in [3.05, 3.63) is 0 Å². The van der Waals surface area contributed by atoms with Gasteiger partial charge in [-0.3, -0.25) is 4.79 Å². The zero-order valence-corrected chi connectivity index (χ0v) is 8.28. The van der Waals surface area contributed by atoms with Crippen LogP contribution >= 0.6 is 0 Å². The number of nitrogens with one attached hydrogen (secondary N) is 1. The summed E-state index contributed by atoms with van der Waals surface area (Å²) >= 11 is 0. The normalized spacial score (nSPS) is 29.0. The van der Waals surface area contributed by atoms with Crippen molar-refractivity contribution in [1.82, 2.24) is 5.32 Å². The average molecular weight is 201 g/mol. The molecule has 14 heavy (non-hydrogen) atoms. The van der Waals surface area contributed by atoms with E-state index in [0.717, 1.165) is 25.8 Å². The van der Waals surface area contributed by atoms with Crippen LogP contribution in [0.25, 0.3) is 0 Å². The highest BCUT2D eigenvalue weighted by molar-refractivity contribution is 5.79. The fourth-order valence-electron chi connectivity index (χ4n) is 1.78. The van der Waals surface area contributed by atoms with Crippen molar-refractivity contribution < 1.29 is 9.90 Å². The van der Waals surface area contributed by atoms with Crippen LogP contribution in [0.3, 0.4) is 0 Å². The summed E-state index contributed by atoms with van der Waals surface area (Å²) in [5.41, 5.74) is 10.5. The van der Waals surface area contributed by atoms with Crippen molar-refractivity contribution in [3.8, 4) is 0 Å². The highest BCUT2D eigenvalue weighted by Crippen LogP contribution is 2.24. The minimum Gasteiger partial charge on any atom is -0.393 e. The molecule has 0 aromatic heterocycles. The first-order valence-corrected chi connectivity index (χ1v) is 5.03. The Hall–Kier alpha value is -0.650. The number of carbonyl (C=O) groups is 1. The summed E-state index contributed by atoms with van der Waals surface area (Å²) < 4.78 is 0. The zero-order chi connectivity index (χ0) is 10.6. The van der Waals surface area contributed by atoms with Gasteiger partial charge in [-0.15, -0.1) is 0 Å². The predicted molar refractivity (Wildman–Crippen MR) is 53.4 cm³/mol. The van der Waals surface area contributed by atoms with E-state index in [1.54, 1.807) is 0 Å². The molecule has 1 aliphatic rings. The van der Waals surface area contributed by atoms with Crippen LogP contribution in [0.15, 0.2) is 0 Å². The number of hydrogen-bond donors (Lipinski definition) is 4. The van der Waals surface area contributed by atoms with Gasteiger partial charge in [0.25, 0.3) is 0 Å². The minimum absolute atomic E-state index is 0.147. The van der Waals surface area contributed by atoms with E-state index in [0.29, 0.717) is 12.5 Å². The topological polar surface area (TPSA) is 101 Å². The Morgan fingerprint density at radius 3 is 2.79 bits per heavy atom. The van der Waals surface area contributed by atoms with E-state index in [1.165, 1.54) is 0 Å². The molecular formula is C9H19N3O2. The molecule has 0 aliphatic heterocycles. The molecule has 5 heteroatoms. The van der Waals surface area contributed by atoms with Crippen LogP contribution in [0.5, 0.6) is 0 Å². The first kappa shape index (κ1) is 11.4. The van der Waals surface area contributed by atoms with Crippen molar-refractivity contribution in [2.75, 3.05) is 13.1 Å². The third-order valence-electron chi connectivity index (χ3n) is 2.68. The molecule has 0 heterocycles. The van der Waals surface area contributed by atoms with Crippen LogP contribution in [0, 0.1) is 5.92 Å². The molecule has 6 N–H and O–H groups in total. The van der Waals surface area contributed by atoms with Gasteiger partial charge in [0, 0.05) is 6.54 Å². The highest BCUT2D eigenvalue weighted by atomic mass is 16.3. The average Bonchev–Trinajstić information content (AvgIpc) is 2.51. The molecule has 1 fully saturated rings. The molecule has 0 aromatic carbocycles. The van der Waals surface area contributed by atoms with Gasteiger partial charge in [0.05, 0.1) is 12.1 Å². The van der Waals surface area contributed by atoms with E-state index in [-0.39, 0.29) is 6.10 Å². The van der Waals surface area contributed by atoms with E-state index in [9.17, 15) is 9.90 Å². The molecule has 1 saturated carbocycles. The molecule has 1 aliphatic carbocycles. The van der Waals surface area contributed by atoms with E-state index >= 15 is 0 Å². The molecule has 1 amide bonds. The Kier molecular flexibility index (Phi) is 4.31. The number of nitrogens with two attached hydrogens (primary N) is 2. The maximum absolute atomic E-state index is 10.6. The molecule has 0 bridgehead atoms. The Morgan fingerprint density at radius 1 is 1.57 bits per heavy atom. The lowest BCUT2D eigenvalue weighted by Gasteiger charge is -2.12. The highest BCUT2D eigenvalue weighted by Gasteiger charge is 2.22. The lowest BCUT2D eigenvalue weighted by molar-refractivity contribution is -0.119. The van der Waals surface area contributed by atoms with Gasteiger partial charge in [-0.25, -0.2) is 0 Å². The molecule has 0 spiro atoms. The smallest absolute Gasteiger partial charge is 0.235 e. The Balaban J connectivity index is 2.07. The second kappa shape index (κ2) is 5.29. The summed E-state index contributed by atoms with van der Waals surface area (Å²) in [5, 5.41) is 12.4. The Morgan fingerprint density at radius 2 is 2.29 bits per heavy atom. The third kappa shape index (κ3) is 3.61. The molecule has 0 aromatic rings. The molecule has 0 saturated heterocycles. The Bertz CT molecular complexity index is 198. The van der Waals surface area contributed by atoms with E-state index in [2.05, 4.69) is 5.32 Å². The van der Waals surface area contributed by atoms with Crippen LogP contribution < -0.4 is 16.8 Å². The summed E-state index contributed by atoms with van der Waals surface area (Å²) in [4.78, 5) is 10.6. The fourth-order valence-corrected chi connectivity index (χ4v) is 1.78. The predicted octanol–water partition coefficient (Wildman–Crippen LogP) is -1.45. The van der Waals surface area contributed by atoms with Gasteiger partial charge in [-0.2, -0.15) is 0 Å². The molecular weight excluding hydrogens is 182 g/mol. The quantitative estimate of drug-likeness (QED) is 0.437. The number of aliphatic hydroxyl groups is 1. The second-order valence-corrected chi connectivity index (χ2v) is 4.00. The standard InChI is InChI=1S/C9H19N3O2/c10-8(9(11)14)5-12-4-6-1-2-7(13)3-6/h6-8,12-13H,1-5,10H2,(H2,11,14). The number of rotatable bonds is 5. The maximum atomic E-state index is 10.6. The van der Waals surface area contributed by atoms with Gasteiger partial charge < -0.3 is 21.9 Å². The van der Waals surface area contributed by atoms with Crippen LogP contribution in [0.1, 0.15) is 19.3 Å². The molecule has 1 rings (SSSR count). The largest absolute Gasteiger partial charge is 0.393 e. The van der Waals surface area contributed by atoms with Crippen LogP contribution in [0.4, 0.5) is 0 Å². The third-order valence-corrected chi connectivity index (χ3v) is 2.68. The van der Waals surface area contributed by atoms with Crippen molar-refractivity contribution in [2.45, 2.75) is 31.4 Å².